The van der Waals surface area contributed by atoms with Crippen molar-refractivity contribution in [2.45, 2.75) is 18.9 Å². The first-order valence-corrected chi connectivity index (χ1v) is 8.00. The molecule has 2 aromatic carbocycles. The number of carboxylic acid groups (broad SMARTS) is 1. The minimum atomic E-state index is -1.08. The van der Waals surface area contributed by atoms with E-state index in [1.165, 1.54) is 0 Å². The molecule has 0 saturated carbocycles. The fourth-order valence-corrected chi connectivity index (χ4v) is 2.76. The number of rotatable bonds is 5. The van der Waals surface area contributed by atoms with Crippen molar-refractivity contribution in [3.8, 4) is 0 Å². The third kappa shape index (κ3) is 3.66. The van der Waals surface area contributed by atoms with Crippen LogP contribution in [0.5, 0.6) is 0 Å². The van der Waals surface area contributed by atoms with Gasteiger partial charge < -0.3 is 10.4 Å². The lowest BCUT2D eigenvalue weighted by atomic mass is 9.93. The number of fused-ring (bicyclic) bond motifs is 1. The Balaban J connectivity index is 1.83. The Labute approximate surface area is 145 Å². The van der Waals surface area contributed by atoms with Crippen LogP contribution >= 0.6 is 0 Å². The lowest BCUT2D eigenvalue weighted by Crippen LogP contribution is -2.44. The lowest BCUT2D eigenvalue weighted by molar-refractivity contribution is -0.139. The zero-order valence-electron chi connectivity index (χ0n) is 13.7. The van der Waals surface area contributed by atoms with Crippen LogP contribution in [0, 0.1) is 0 Å². The predicted molar refractivity (Wildman–Crippen MR) is 95.5 cm³/mol. The molecule has 0 aliphatic carbocycles. The lowest BCUT2D eigenvalue weighted by Gasteiger charge is -2.21. The number of pyridine rings is 1. The summed E-state index contributed by atoms with van der Waals surface area (Å²) in [6.07, 6.45) is 0. The van der Waals surface area contributed by atoms with Gasteiger partial charge in [0.25, 0.3) is 5.91 Å². The van der Waals surface area contributed by atoms with Crippen LogP contribution in [0.25, 0.3) is 10.9 Å². The van der Waals surface area contributed by atoms with Crippen LogP contribution in [-0.2, 0) is 4.79 Å². The van der Waals surface area contributed by atoms with Gasteiger partial charge in [0.2, 0.25) is 0 Å². The molecule has 0 fully saturated rings. The molecule has 0 spiro atoms. The van der Waals surface area contributed by atoms with E-state index in [1.807, 2.05) is 54.6 Å². The minimum absolute atomic E-state index is 0.199. The number of carbonyl (C=O) groups excluding carboxylic acids is 1. The second kappa shape index (κ2) is 7.13. The standard InChI is InChI=1S/C20H18N2O3/c1-13(14-7-3-2-4-8-14)18(20(24)25)22-19(23)17-12-11-15-9-5-6-10-16(15)21-17/h2-13,18H,1H3,(H,22,23)(H,24,25). The first-order chi connectivity index (χ1) is 12.1. The topological polar surface area (TPSA) is 79.3 Å². The Morgan fingerprint density at radius 1 is 0.960 bits per heavy atom. The number of amides is 1. The Morgan fingerprint density at radius 3 is 2.36 bits per heavy atom. The first-order valence-electron chi connectivity index (χ1n) is 8.00. The van der Waals surface area contributed by atoms with Gasteiger partial charge in [0.05, 0.1) is 5.52 Å². The predicted octanol–water partition coefficient (Wildman–Crippen LogP) is 3.22. The second-order valence-electron chi connectivity index (χ2n) is 5.88. The third-order valence-corrected chi connectivity index (χ3v) is 4.21. The summed E-state index contributed by atoms with van der Waals surface area (Å²) in [5.74, 6) is -1.95. The molecule has 2 atom stereocenters. The van der Waals surface area contributed by atoms with E-state index < -0.39 is 17.9 Å². The first kappa shape index (κ1) is 16.6. The van der Waals surface area contributed by atoms with Crippen LogP contribution in [0.2, 0.25) is 0 Å². The molecule has 5 heteroatoms. The number of carboxylic acids is 1. The van der Waals surface area contributed by atoms with Gasteiger partial charge >= 0.3 is 5.97 Å². The van der Waals surface area contributed by atoms with Crippen molar-refractivity contribution >= 4 is 22.8 Å². The van der Waals surface area contributed by atoms with Crippen molar-refractivity contribution in [3.63, 3.8) is 0 Å². The van der Waals surface area contributed by atoms with Gasteiger partial charge in [-0.15, -0.1) is 0 Å². The van der Waals surface area contributed by atoms with Crippen LogP contribution in [0.3, 0.4) is 0 Å². The normalized spacial score (nSPS) is 13.2. The van der Waals surface area contributed by atoms with Crippen molar-refractivity contribution in [1.82, 2.24) is 10.3 Å². The van der Waals surface area contributed by atoms with Gasteiger partial charge in [-0.2, -0.15) is 0 Å². The number of hydrogen-bond donors (Lipinski definition) is 2. The van der Waals surface area contributed by atoms with E-state index in [0.717, 1.165) is 10.9 Å². The quantitative estimate of drug-likeness (QED) is 0.751. The molecule has 2 unspecified atom stereocenters. The summed E-state index contributed by atoms with van der Waals surface area (Å²) >= 11 is 0. The molecule has 1 aromatic heterocycles. The van der Waals surface area contributed by atoms with E-state index >= 15 is 0 Å². The second-order valence-corrected chi connectivity index (χ2v) is 5.88. The number of nitrogens with one attached hydrogen (secondary N) is 1. The number of aromatic nitrogens is 1. The molecule has 1 heterocycles. The van der Waals surface area contributed by atoms with E-state index in [0.29, 0.717) is 5.52 Å². The van der Waals surface area contributed by atoms with Gasteiger partial charge in [0.1, 0.15) is 11.7 Å². The molecular weight excluding hydrogens is 316 g/mol. The Kier molecular flexibility index (Phi) is 4.75. The average Bonchev–Trinajstić information content (AvgIpc) is 2.65. The Morgan fingerprint density at radius 2 is 1.64 bits per heavy atom. The highest BCUT2D eigenvalue weighted by Gasteiger charge is 2.28. The fraction of sp³-hybridized carbons (Fsp3) is 0.150. The summed E-state index contributed by atoms with van der Waals surface area (Å²) < 4.78 is 0. The molecule has 2 N–H and O–H groups in total. The van der Waals surface area contributed by atoms with Crippen molar-refractivity contribution < 1.29 is 14.7 Å². The summed E-state index contributed by atoms with van der Waals surface area (Å²) in [6, 6.07) is 19.1. The third-order valence-electron chi connectivity index (χ3n) is 4.21. The van der Waals surface area contributed by atoms with E-state index in [1.54, 1.807) is 19.1 Å². The Bertz CT molecular complexity index is 909. The molecule has 5 nitrogen and oxygen atoms in total. The van der Waals surface area contributed by atoms with Crippen LogP contribution in [0.1, 0.15) is 28.9 Å². The number of carbonyl (C=O) groups is 2. The molecule has 126 valence electrons. The maximum Gasteiger partial charge on any atom is 0.326 e. The molecule has 0 aliphatic rings. The van der Waals surface area contributed by atoms with Gasteiger partial charge in [-0.05, 0) is 17.7 Å². The zero-order chi connectivity index (χ0) is 17.8. The van der Waals surface area contributed by atoms with Crippen molar-refractivity contribution in [2.24, 2.45) is 0 Å². The average molecular weight is 334 g/mol. The van der Waals surface area contributed by atoms with Crippen LogP contribution in [-0.4, -0.2) is 28.0 Å². The molecular formula is C20H18N2O3. The van der Waals surface area contributed by atoms with E-state index in [9.17, 15) is 14.7 Å². The SMILES string of the molecule is CC(c1ccccc1)C(NC(=O)c1ccc2ccccc2n1)C(=O)O. The maximum absolute atomic E-state index is 12.5. The van der Waals surface area contributed by atoms with Crippen LogP contribution in [0.15, 0.2) is 66.7 Å². The maximum atomic E-state index is 12.5. The van der Waals surface area contributed by atoms with Gasteiger partial charge in [-0.1, -0.05) is 61.5 Å². The summed E-state index contributed by atoms with van der Waals surface area (Å²) in [5, 5.41) is 13.1. The molecule has 0 radical (unpaired) electrons. The summed E-state index contributed by atoms with van der Waals surface area (Å²) in [5.41, 5.74) is 1.74. The molecule has 1 amide bonds. The molecule has 3 aromatic rings. The Hall–Kier alpha value is -3.21. The van der Waals surface area contributed by atoms with Gasteiger partial charge in [0.15, 0.2) is 0 Å². The summed E-state index contributed by atoms with van der Waals surface area (Å²) in [6.45, 7) is 1.78. The number of nitrogens with zero attached hydrogens (tertiary/aromatic N) is 1. The monoisotopic (exact) mass is 334 g/mol. The number of hydrogen-bond acceptors (Lipinski definition) is 3. The zero-order valence-corrected chi connectivity index (χ0v) is 13.7. The van der Waals surface area contributed by atoms with Crippen molar-refractivity contribution in [3.05, 3.63) is 78.0 Å². The number of aliphatic carboxylic acids is 1. The van der Waals surface area contributed by atoms with E-state index in [2.05, 4.69) is 10.3 Å². The van der Waals surface area contributed by atoms with Crippen molar-refractivity contribution in [1.29, 1.82) is 0 Å². The molecule has 0 bridgehead atoms. The van der Waals surface area contributed by atoms with Crippen molar-refractivity contribution in [2.75, 3.05) is 0 Å². The van der Waals surface area contributed by atoms with Gasteiger partial charge in [0, 0.05) is 11.3 Å². The number of para-hydroxylation sites is 1. The number of benzene rings is 2. The molecule has 0 saturated heterocycles. The van der Waals surface area contributed by atoms with Gasteiger partial charge in [-0.25, -0.2) is 9.78 Å². The summed E-state index contributed by atoms with van der Waals surface area (Å²) in [4.78, 5) is 28.5. The van der Waals surface area contributed by atoms with Crippen LogP contribution in [0.4, 0.5) is 0 Å². The minimum Gasteiger partial charge on any atom is -0.480 e. The summed E-state index contributed by atoms with van der Waals surface area (Å²) in [7, 11) is 0. The molecule has 0 aliphatic heterocycles. The van der Waals surface area contributed by atoms with Gasteiger partial charge in [-0.3, -0.25) is 4.79 Å². The highest BCUT2D eigenvalue weighted by molar-refractivity contribution is 5.97. The van der Waals surface area contributed by atoms with Crippen LogP contribution < -0.4 is 5.32 Å². The fourth-order valence-electron chi connectivity index (χ4n) is 2.76. The van der Waals surface area contributed by atoms with E-state index in [-0.39, 0.29) is 11.6 Å². The molecule has 25 heavy (non-hydrogen) atoms. The largest absolute Gasteiger partial charge is 0.480 e. The van der Waals surface area contributed by atoms with E-state index in [4.69, 9.17) is 0 Å². The highest BCUT2D eigenvalue weighted by Crippen LogP contribution is 2.20. The highest BCUT2D eigenvalue weighted by atomic mass is 16.4. The smallest absolute Gasteiger partial charge is 0.326 e. The molecule has 3 rings (SSSR count).